The third-order valence-corrected chi connectivity index (χ3v) is 3.54. The van der Waals surface area contributed by atoms with E-state index in [1.54, 1.807) is 19.0 Å². The smallest absolute Gasteiger partial charge is 0.319 e. The number of rotatable bonds is 0. The highest BCUT2D eigenvalue weighted by Gasteiger charge is 2.24. The molecule has 1 aliphatic rings. The van der Waals surface area contributed by atoms with Crippen LogP contribution in [0.2, 0.25) is 0 Å². The van der Waals surface area contributed by atoms with Gasteiger partial charge in [0, 0.05) is 55.8 Å². The zero-order valence-electron chi connectivity index (χ0n) is 10.7. The van der Waals surface area contributed by atoms with Gasteiger partial charge in [0.25, 0.3) is 0 Å². The van der Waals surface area contributed by atoms with Crippen LogP contribution < -0.4 is 0 Å². The monoisotopic (exact) mass is 243 g/mol. The number of fused-ring (bicyclic) bond motifs is 3. The van der Waals surface area contributed by atoms with Crippen LogP contribution in [0.25, 0.3) is 10.9 Å². The van der Waals surface area contributed by atoms with E-state index in [-0.39, 0.29) is 6.03 Å². The van der Waals surface area contributed by atoms with Gasteiger partial charge < -0.3 is 14.8 Å². The summed E-state index contributed by atoms with van der Waals surface area (Å²) in [7, 11) is 3.60. The predicted octanol–water partition coefficient (Wildman–Crippen LogP) is 2.21. The molecule has 0 saturated carbocycles. The van der Waals surface area contributed by atoms with E-state index < -0.39 is 0 Å². The van der Waals surface area contributed by atoms with Crippen LogP contribution in [-0.4, -0.2) is 41.5 Å². The molecule has 18 heavy (non-hydrogen) atoms. The summed E-state index contributed by atoms with van der Waals surface area (Å²) in [5.74, 6) is 0. The fraction of sp³-hybridized carbons (Fsp3) is 0.357. The lowest BCUT2D eigenvalue weighted by Gasteiger charge is -2.29. The van der Waals surface area contributed by atoms with E-state index in [0.717, 1.165) is 13.0 Å². The number of benzene rings is 1. The third kappa shape index (κ3) is 1.65. The molecule has 0 atom stereocenters. The number of para-hydroxylation sites is 1. The van der Waals surface area contributed by atoms with Crippen LogP contribution in [0.4, 0.5) is 4.79 Å². The van der Waals surface area contributed by atoms with E-state index >= 15 is 0 Å². The second-order valence-corrected chi connectivity index (χ2v) is 4.98. The fourth-order valence-corrected chi connectivity index (χ4v) is 2.61. The molecule has 2 aromatic rings. The molecular formula is C14H17N3O. The van der Waals surface area contributed by atoms with Crippen LogP contribution in [0.3, 0.4) is 0 Å². The topological polar surface area (TPSA) is 39.3 Å². The minimum absolute atomic E-state index is 0.0888. The Kier molecular flexibility index (Phi) is 2.51. The molecule has 0 radical (unpaired) electrons. The molecule has 4 nitrogen and oxygen atoms in total. The standard InChI is InChI=1S/C14H17N3O/c1-16(2)14(18)17-8-7-13-11(9-17)10-5-3-4-6-12(10)15-13/h3-6,15H,7-9H2,1-2H3. The molecule has 0 aliphatic carbocycles. The van der Waals surface area contributed by atoms with E-state index in [9.17, 15) is 4.79 Å². The van der Waals surface area contributed by atoms with Gasteiger partial charge in [-0.05, 0) is 6.07 Å². The molecular weight excluding hydrogens is 226 g/mol. The van der Waals surface area contributed by atoms with Crippen molar-refractivity contribution in [2.45, 2.75) is 13.0 Å². The Morgan fingerprint density at radius 2 is 2.11 bits per heavy atom. The van der Waals surface area contributed by atoms with Crippen LogP contribution in [0.5, 0.6) is 0 Å². The highest BCUT2D eigenvalue weighted by atomic mass is 16.2. The summed E-state index contributed by atoms with van der Waals surface area (Å²) >= 11 is 0. The number of nitrogens with one attached hydrogen (secondary N) is 1. The first kappa shape index (κ1) is 11.1. The van der Waals surface area contributed by atoms with Crippen molar-refractivity contribution in [3.8, 4) is 0 Å². The minimum atomic E-state index is 0.0888. The molecule has 0 saturated heterocycles. The van der Waals surface area contributed by atoms with Gasteiger partial charge in [-0.1, -0.05) is 18.2 Å². The number of carbonyl (C=O) groups excluding carboxylic acids is 1. The summed E-state index contributed by atoms with van der Waals surface area (Å²) < 4.78 is 0. The SMILES string of the molecule is CN(C)C(=O)N1CCc2[nH]c3ccccc3c2C1. The van der Waals surface area contributed by atoms with Crippen LogP contribution in [0.1, 0.15) is 11.3 Å². The Labute approximate surface area is 106 Å². The van der Waals surface area contributed by atoms with Gasteiger partial charge in [-0.2, -0.15) is 0 Å². The zero-order valence-corrected chi connectivity index (χ0v) is 10.7. The number of amides is 2. The molecule has 1 aromatic heterocycles. The number of H-pyrrole nitrogens is 1. The van der Waals surface area contributed by atoms with Gasteiger partial charge in [-0.3, -0.25) is 0 Å². The molecule has 2 heterocycles. The van der Waals surface area contributed by atoms with Gasteiger partial charge in [-0.25, -0.2) is 4.79 Å². The van der Waals surface area contributed by atoms with Crippen LogP contribution >= 0.6 is 0 Å². The molecule has 1 N–H and O–H groups in total. The van der Waals surface area contributed by atoms with E-state index in [0.29, 0.717) is 6.54 Å². The van der Waals surface area contributed by atoms with Crippen molar-refractivity contribution >= 4 is 16.9 Å². The first-order valence-electron chi connectivity index (χ1n) is 6.21. The number of aromatic amines is 1. The van der Waals surface area contributed by atoms with Crippen LogP contribution in [0.15, 0.2) is 24.3 Å². The number of hydrogen-bond donors (Lipinski definition) is 1. The minimum Gasteiger partial charge on any atom is -0.358 e. The highest BCUT2D eigenvalue weighted by molar-refractivity contribution is 5.85. The van der Waals surface area contributed by atoms with Crippen molar-refractivity contribution in [3.05, 3.63) is 35.5 Å². The van der Waals surface area contributed by atoms with Gasteiger partial charge in [0.1, 0.15) is 0 Å². The van der Waals surface area contributed by atoms with E-state index in [1.165, 1.54) is 22.2 Å². The number of carbonyl (C=O) groups is 1. The Balaban J connectivity index is 1.99. The average molecular weight is 243 g/mol. The van der Waals surface area contributed by atoms with Gasteiger partial charge in [-0.15, -0.1) is 0 Å². The lowest BCUT2D eigenvalue weighted by molar-refractivity contribution is 0.165. The summed E-state index contributed by atoms with van der Waals surface area (Å²) in [5.41, 5.74) is 3.72. The van der Waals surface area contributed by atoms with Gasteiger partial charge in [0.15, 0.2) is 0 Å². The first-order chi connectivity index (χ1) is 8.66. The highest BCUT2D eigenvalue weighted by Crippen LogP contribution is 2.27. The largest absolute Gasteiger partial charge is 0.358 e. The molecule has 94 valence electrons. The van der Waals surface area contributed by atoms with E-state index in [2.05, 4.69) is 17.1 Å². The summed E-state index contributed by atoms with van der Waals surface area (Å²) in [5, 5.41) is 1.24. The molecule has 0 spiro atoms. The summed E-state index contributed by atoms with van der Waals surface area (Å²) in [6.07, 6.45) is 0.906. The Morgan fingerprint density at radius 3 is 2.89 bits per heavy atom. The maximum absolute atomic E-state index is 12.0. The molecule has 2 amide bonds. The summed E-state index contributed by atoms with van der Waals surface area (Å²) in [6, 6.07) is 8.38. The number of urea groups is 1. The normalized spacial score (nSPS) is 14.7. The van der Waals surface area contributed by atoms with Crippen molar-refractivity contribution in [2.75, 3.05) is 20.6 Å². The van der Waals surface area contributed by atoms with Gasteiger partial charge in [0.2, 0.25) is 0 Å². The van der Waals surface area contributed by atoms with Crippen molar-refractivity contribution in [2.24, 2.45) is 0 Å². The lowest BCUT2D eigenvalue weighted by atomic mass is 10.0. The van der Waals surface area contributed by atoms with Crippen molar-refractivity contribution in [3.63, 3.8) is 0 Å². The van der Waals surface area contributed by atoms with Crippen LogP contribution in [-0.2, 0) is 13.0 Å². The predicted molar refractivity (Wildman–Crippen MR) is 71.5 cm³/mol. The maximum Gasteiger partial charge on any atom is 0.319 e. The third-order valence-electron chi connectivity index (χ3n) is 3.54. The summed E-state index contributed by atoms with van der Waals surface area (Å²) in [6.45, 7) is 1.49. The van der Waals surface area contributed by atoms with E-state index in [1.807, 2.05) is 17.0 Å². The second kappa shape index (κ2) is 4.05. The Hall–Kier alpha value is -1.97. The van der Waals surface area contributed by atoms with E-state index in [4.69, 9.17) is 0 Å². The number of nitrogens with zero attached hydrogens (tertiary/aromatic N) is 2. The Morgan fingerprint density at radius 1 is 1.33 bits per heavy atom. The molecule has 3 rings (SSSR count). The van der Waals surface area contributed by atoms with Gasteiger partial charge >= 0.3 is 6.03 Å². The van der Waals surface area contributed by atoms with Crippen molar-refractivity contribution in [1.29, 1.82) is 0 Å². The van der Waals surface area contributed by atoms with Crippen molar-refractivity contribution < 1.29 is 4.79 Å². The second-order valence-electron chi connectivity index (χ2n) is 4.98. The molecule has 0 bridgehead atoms. The molecule has 0 fully saturated rings. The number of aromatic nitrogens is 1. The van der Waals surface area contributed by atoms with Crippen molar-refractivity contribution in [1.82, 2.24) is 14.8 Å². The lowest BCUT2D eigenvalue weighted by Crippen LogP contribution is -2.41. The fourth-order valence-electron chi connectivity index (χ4n) is 2.61. The summed E-state index contributed by atoms with van der Waals surface area (Å²) in [4.78, 5) is 19.0. The Bertz CT molecular complexity index is 600. The average Bonchev–Trinajstić information content (AvgIpc) is 2.75. The first-order valence-corrected chi connectivity index (χ1v) is 6.21. The maximum atomic E-state index is 12.0. The molecule has 4 heteroatoms. The molecule has 1 aromatic carbocycles. The molecule has 1 aliphatic heterocycles. The quantitative estimate of drug-likeness (QED) is 0.757. The van der Waals surface area contributed by atoms with Crippen LogP contribution in [0, 0.1) is 0 Å². The number of hydrogen-bond acceptors (Lipinski definition) is 1. The zero-order chi connectivity index (χ0) is 12.7. The van der Waals surface area contributed by atoms with Gasteiger partial charge in [0.05, 0.1) is 0 Å². The molecule has 0 unspecified atom stereocenters.